The van der Waals surface area contributed by atoms with E-state index in [1.807, 2.05) is 29.2 Å². The Kier molecular flexibility index (Phi) is 6.10. The first-order valence-corrected chi connectivity index (χ1v) is 7.64. The normalized spacial score (nSPS) is 26.3. The Morgan fingerprint density at radius 3 is 2.83 bits per heavy atom. The van der Waals surface area contributed by atoms with Crippen LogP contribution in [0.15, 0.2) is 24.3 Å². The lowest BCUT2D eigenvalue weighted by Gasteiger charge is -2.40. The van der Waals surface area contributed by atoms with Gasteiger partial charge in [0.1, 0.15) is 6.61 Å². The summed E-state index contributed by atoms with van der Waals surface area (Å²) in [5.41, 5.74) is 5.83. The highest BCUT2D eigenvalue weighted by Gasteiger charge is 2.37. The number of ether oxygens (including phenoxy) is 3. The van der Waals surface area contributed by atoms with Crippen molar-refractivity contribution in [1.29, 1.82) is 0 Å². The summed E-state index contributed by atoms with van der Waals surface area (Å²) in [6.45, 7) is 1.30. The first kappa shape index (κ1) is 17.8. The second-order valence-electron chi connectivity index (χ2n) is 5.67. The zero-order chi connectivity index (χ0) is 15.5. The molecule has 3 atom stereocenters. The number of methoxy groups -OCH3 is 1. The second kappa shape index (κ2) is 7.86. The Morgan fingerprint density at radius 1 is 1.39 bits per heavy atom. The van der Waals surface area contributed by atoms with Crippen LogP contribution in [-0.4, -0.2) is 55.9 Å². The van der Waals surface area contributed by atoms with Gasteiger partial charge in [-0.15, -0.1) is 12.4 Å². The van der Waals surface area contributed by atoms with E-state index >= 15 is 0 Å². The van der Waals surface area contributed by atoms with Crippen LogP contribution in [0.3, 0.4) is 0 Å². The molecular weight excluding hydrogens is 320 g/mol. The molecule has 1 fully saturated rings. The van der Waals surface area contributed by atoms with Crippen molar-refractivity contribution in [2.75, 3.05) is 26.8 Å². The predicted octanol–water partition coefficient (Wildman–Crippen LogP) is 1.21. The molecule has 1 saturated heterocycles. The molecule has 1 aromatic rings. The molecule has 7 heteroatoms. The second-order valence-corrected chi connectivity index (χ2v) is 5.67. The number of fused-ring (bicyclic) bond motifs is 1. The largest absolute Gasteiger partial charge is 0.485 e. The number of carbonyl (C=O) groups excluding carboxylic acids is 1. The van der Waals surface area contributed by atoms with Gasteiger partial charge in [0, 0.05) is 26.2 Å². The maximum absolute atomic E-state index is 12.8. The number of hydrogen-bond donors (Lipinski definition) is 1. The van der Waals surface area contributed by atoms with Gasteiger partial charge in [0.2, 0.25) is 6.10 Å². The molecule has 0 aliphatic carbocycles. The fourth-order valence-corrected chi connectivity index (χ4v) is 3.07. The highest BCUT2D eigenvalue weighted by atomic mass is 35.5. The summed E-state index contributed by atoms with van der Waals surface area (Å²) >= 11 is 0. The van der Waals surface area contributed by atoms with Crippen molar-refractivity contribution >= 4 is 18.3 Å². The standard InChI is InChI=1S/C16H22N2O4.ClH/c1-20-12-6-7-18(11(8-12)9-17)16(19)15-10-21-13-4-2-3-5-14(13)22-15;/h2-5,11-12,15H,6-10,17H2,1H3;1H. The van der Waals surface area contributed by atoms with E-state index in [9.17, 15) is 4.79 Å². The zero-order valence-electron chi connectivity index (χ0n) is 13.1. The third kappa shape index (κ3) is 3.71. The summed E-state index contributed by atoms with van der Waals surface area (Å²) in [6, 6.07) is 7.38. The van der Waals surface area contributed by atoms with Crippen LogP contribution < -0.4 is 15.2 Å². The number of halogens is 1. The number of likely N-dealkylation sites (tertiary alicyclic amines) is 1. The highest BCUT2D eigenvalue weighted by molar-refractivity contribution is 5.85. The van der Waals surface area contributed by atoms with Crippen molar-refractivity contribution in [2.45, 2.75) is 31.1 Å². The molecule has 1 amide bonds. The molecule has 23 heavy (non-hydrogen) atoms. The van der Waals surface area contributed by atoms with Crippen LogP contribution in [0.2, 0.25) is 0 Å². The number of benzene rings is 1. The summed E-state index contributed by atoms with van der Waals surface area (Å²) in [5.74, 6) is 1.24. The van der Waals surface area contributed by atoms with Gasteiger partial charge in [-0.05, 0) is 25.0 Å². The molecule has 3 unspecified atom stereocenters. The van der Waals surface area contributed by atoms with Crippen molar-refractivity contribution in [1.82, 2.24) is 4.90 Å². The molecular formula is C16H23ClN2O4. The minimum atomic E-state index is -0.608. The minimum Gasteiger partial charge on any atom is -0.485 e. The summed E-state index contributed by atoms with van der Waals surface area (Å²) < 4.78 is 16.8. The van der Waals surface area contributed by atoms with E-state index < -0.39 is 6.10 Å². The molecule has 0 bridgehead atoms. The molecule has 2 N–H and O–H groups in total. The van der Waals surface area contributed by atoms with Gasteiger partial charge in [-0.1, -0.05) is 12.1 Å². The lowest BCUT2D eigenvalue weighted by molar-refractivity contribution is -0.146. The molecule has 3 rings (SSSR count). The number of nitrogens with two attached hydrogens (primary N) is 1. The molecule has 2 heterocycles. The average molecular weight is 343 g/mol. The molecule has 0 saturated carbocycles. The van der Waals surface area contributed by atoms with Crippen LogP contribution in [0.1, 0.15) is 12.8 Å². The number of carbonyl (C=O) groups is 1. The Balaban J connectivity index is 0.00000192. The highest BCUT2D eigenvalue weighted by Crippen LogP contribution is 2.32. The molecule has 0 aromatic heterocycles. The first-order chi connectivity index (χ1) is 10.7. The van der Waals surface area contributed by atoms with Crippen LogP contribution in [0.4, 0.5) is 0 Å². The first-order valence-electron chi connectivity index (χ1n) is 7.64. The van der Waals surface area contributed by atoms with Gasteiger partial charge in [0.25, 0.3) is 5.91 Å². The smallest absolute Gasteiger partial charge is 0.267 e. The van der Waals surface area contributed by atoms with E-state index in [4.69, 9.17) is 19.9 Å². The summed E-state index contributed by atoms with van der Waals surface area (Å²) in [5, 5.41) is 0. The number of nitrogens with zero attached hydrogens (tertiary/aromatic N) is 1. The summed E-state index contributed by atoms with van der Waals surface area (Å²) in [4.78, 5) is 14.6. The monoisotopic (exact) mass is 342 g/mol. The van der Waals surface area contributed by atoms with E-state index in [-0.39, 0.29) is 37.1 Å². The molecule has 2 aliphatic heterocycles. The Hall–Kier alpha value is -1.50. The summed E-state index contributed by atoms with van der Waals surface area (Å²) in [6.07, 6.45) is 1.15. The molecule has 2 aliphatic rings. The molecule has 128 valence electrons. The van der Waals surface area contributed by atoms with Crippen LogP contribution in [0.5, 0.6) is 11.5 Å². The fourth-order valence-electron chi connectivity index (χ4n) is 3.07. The van der Waals surface area contributed by atoms with Crippen LogP contribution in [0.25, 0.3) is 0 Å². The van der Waals surface area contributed by atoms with E-state index in [1.54, 1.807) is 7.11 Å². The zero-order valence-corrected chi connectivity index (χ0v) is 14.0. The number of hydrogen-bond acceptors (Lipinski definition) is 5. The van der Waals surface area contributed by atoms with Crippen molar-refractivity contribution in [3.63, 3.8) is 0 Å². The Bertz CT molecular complexity index is 543. The van der Waals surface area contributed by atoms with Crippen molar-refractivity contribution in [3.8, 4) is 11.5 Å². The van der Waals surface area contributed by atoms with Gasteiger partial charge in [-0.3, -0.25) is 4.79 Å². The summed E-state index contributed by atoms with van der Waals surface area (Å²) in [7, 11) is 1.70. The van der Waals surface area contributed by atoms with Gasteiger partial charge < -0.3 is 24.8 Å². The molecule has 0 spiro atoms. The maximum Gasteiger partial charge on any atom is 0.267 e. The van der Waals surface area contributed by atoms with E-state index in [0.29, 0.717) is 24.6 Å². The Labute approximate surface area is 142 Å². The number of para-hydroxylation sites is 2. The quantitative estimate of drug-likeness (QED) is 0.893. The lowest BCUT2D eigenvalue weighted by Crippen LogP contribution is -2.56. The maximum atomic E-state index is 12.8. The van der Waals surface area contributed by atoms with Crippen molar-refractivity contribution in [3.05, 3.63) is 24.3 Å². The topological polar surface area (TPSA) is 74.0 Å². The third-order valence-electron chi connectivity index (χ3n) is 4.34. The minimum absolute atomic E-state index is 0. The van der Waals surface area contributed by atoms with Gasteiger partial charge in [-0.2, -0.15) is 0 Å². The Morgan fingerprint density at radius 2 is 2.13 bits per heavy atom. The van der Waals surface area contributed by atoms with Crippen molar-refractivity contribution < 1.29 is 19.0 Å². The molecule has 0 radical (unpaired) electrons. The van der Waals surface area contributed by atoms with E-state index in [0.717, 1.165) is 12.8 Å². The van der Waals surface area contributed by atoms with Gasteiger partial charge >= 0.3 is 0 Å². The molecule has 6 nitrogen and oxygen atoms in total. The number of rotatable bonds is 3. The van der Waals surface area contributed by atoms with Crippen LogP contribution in [-0.2, 0) is 9.53 Å². The van der Waals surface area contributed by atoms with Crippen LogP contribution in [0, 0.1) is 0 Å². The van der Waals surface area contributed by atoms with E-state index in [2.05, 4.69) is 0 Å². The lowest BCUT2D eigenvalue weighted by atomic mass is 9.98. The number of piperidine rings is 1. The van der Waals surface area contributed by atoms with Gasteiger partial charge in [0.15, 0.2) is 11.5 Å². The van der Waals surface area contributed by atoms with Gasteiger partial charge in [0.05, 0.1) is 6.10 Å². The van der Waals surface area contributed by atoms with E-state index in [1.165, 1.54) is 0 Å². The fraction of sp³-hybridized carbons (Fsp3) is 0.562. The predicted molar refractivity (Wildman–Crippen MR) is 88.2 cm³/mol. The number of amides is 1. The van der Waals surface area contributed by atoms with Crippen LogP contribution >= 0.6 is 12.4 Å². The van der Waals surface area contributed by atoms with Crippen molar-refractivity contribution in [2.24, 2.45) is 5.73 Å². The van der Waals surface area contributed by atoms with Gasteiger partial charge in [-0.25, -0.2) is 0 Å². The average Bonchev–Trinajstić information content (AvgIpc) is 2.60. The molecule has 1 aromatic carbocycles. The SMILES string of the molecule is COC1CCN(C(=O)C2COc3ccccc3O2)C(CN)C1.Cl. The third-order valence-corrected chi connectivity index (χ3v) is 4.34.